The van der Waals surface area contributed by atoms with Gasteiger partial charge >= 0.3 is 0 Å². The van der Waals surface area contributed by atoms with Crippen LogP contribution in [0.15, 0.2) is 29.2 Å². The van der Waals surface area contributed by atoms with Crippen molar-refractivity contribution in [1.82, 2.24) is 10.0 Å². The van der Waals surface area contributed by atoms with Crippen LogP contribution in [0.3, 0.4) is 0 Å². The summed E-state index contributed by atoms with van der Waals surface area (Å²) in [5.41, 5.74) is 5.91. The number of amides is 1. The summed E-state index contributed by atoms with van der Waals surface area (Å²) in [4.78, 5) is 12.6. The molecule has 0 unspecified atom stereocenters. The highest BCUT2D eigenvalue weighted by atomic mass is 32.2. The minimum Gasteiger partial charge on any atom is -0.383 e. The van der Waals surface area contributed by atoms with Crippen LogP contribution in [0.25, 0.3) is 0 Å². The third kappa shape index (κ3) is 5.78. The van der Waals surface area contributed by atoms with Crippen molar-refractivity contribution in [1.29, 1.82) is 0 Å². The van der Waals surface area contributed by atoms with Gasteiger partial charge in [-0.2, -0.15) is 0 Å². The third-order valence-corrected chi connectivity index (χ3v) is 5.94. The Bertz CT molecular complexity index is 649. The molecule has 0 saturated heterocycles. The van der Waals surface area contributed by atoms with Gasteiger partial charge in [0.05, 0.1) is 16.9 Å². The first-order valence-electron chi connectivity index (χ1n) is 8.41. The fourth-order valence-corrected chi connectivity index (χ4v) is 3.59. The van der Waals surface area contributed by atoms with E-state index < -0.39 is 15.4 Å². The van der Waals surface area contributed by atoms with Crippen LogP contribution >= 0.6 is 0 Å². The molecule has 0 fully saturated rings. The largest absolute Gasteiger partial charge is 0.383 e. The van der Waals surface area contributed by atoms with Gasteiger partial charge in [0, 0.05) is 26.7 Å². The van der Waals surface area contributed by atoms with Crippen LogP contribution in [0.2, 0.25) is 0 Å². The first kappa shape index (κ1) is 21.6. The smallest absolute Gasteiger partial charge is 0.240 e. The average Bonchev–Trinajstić information content (AvgIpc) is 2.62. The number of ether oxygens (including phenoxy) is 1. The lowest BCUT2D eigenvalue weighted by Crippen LogP contribution is -2.45. The van der Waals surface area contributed by atoms with Crippen LogP contribution in [0.4, 0.5) is 0 Å². The molecule has 0 aliphatic carbocycles. The fourth-order valence-electron chi connectivity index (χ4n) is 2.51. The van der Waals surface area contributed by atoms with Gasteiger partial charge in [-0.05, 0) is 30.5 Å². The number of hydrogen-bond acceptors (Lipinski definition) is 5. The zero-order chi connectivity index (χ0) is 18.9. The molecule has 0 radical (unpaired) electrons. The van der Waals surface area contributed by atoms with Gasteiger partial charge in [0.25, 0.3) is 0 Å². The lowest BCUT2D eigenvalue weighted by Gasteiger charge is -2.28. The molecule has 0 atom stereocenters. The summed E-state index contributed by atoms with van der Waals surface area (Å²) >= 11 is 0. The summed E-state index contributed by atoms with van der Waals surface area (Å²) in [6.45, 7) is 4.91. The number of rotatable bonds is 11. The molecule has 142 valence electrons. The van der Waals surface area contributed by atoms with E-state index in [0.29, 0.717) is 25.0 Å². The van der Waals surface area contributed by atoms with Crippen LogP contribution in [0, 0.1) is 5.41 Å². The maximum atomic E-state index is 12.5. The van der Waals surface area contributed by atoms with Gasteiger partial charge in [-0.1, -0.05) is 26.0 Å². The van der Waals surface area contributed by atoms with Crippen molar-refractivity contribution in [3.05, 3.63) is 29.8 Å². The number of nitrogens with two attached hydrogens (primary N) is 1. The van der Waals surface area contributed by atoms with Crippen LogP contribution in [0.1, 0.15) is 32.3 Å². The predicted octanol–water partition coefficient (Wildman–Crippen LogP) is 0.993. The molecule has 4 N–H and O–H groups in total. The highest BCUT2D eigenvalue weighted by molar-refractivity contribution is 7.89. The Kier molecular flexibility index (Phi) is 8.51. The topological polar surface area (TPSA) is 111 Å². The Hall–Kier alpha value is -1.48. The fraction of sp³-hybridized carbons (Fsp3) is 0.588. The number of hydrogen-bond donors (Lipinski definition) is 3. The lowest BCUT2D eigenvalue weighted by atomic mass is 9.81. The van der Waals surface area contributed by atoms with E-state index in [1.54, 1.807) is 18.2 Å². The summed E-state index contributed by atoms with van der Waals surface area (Å²) in [6.07, 6.45) is 1.31. The van der Waals surface area contributed by atoms with Gasteiger partial charge in [-0.3, -0.25) is 4.79 Å². The van der Waals surface area contributed by atoms with Crippen LogP contribution in [-0.2, 0) is 26.1 Å². The van der Waals surface area contributed by atoms with Gasteiger partial charge in [-0.15, -0.1) is 0 Å². The molecule has 1 aromatic rings. The van der Waals surface area contributed by atoms with Crippen molar-refractivity contribution in [3.63, 3.8) is 0 Å². The highest BCUT2D eigenvalue weighted by Crippen LogP contribution is 2.25. The molecule has 0 heterocycles. The summed E-state index contributed by atoms with van der Waals surface area (Å²) in [7, 11) is -2.09. The zero-order valence-corrected chi connectivity index (χ0v) is 16.0. The summed E-state index contributed by atoms with van der Waals surface area (Å²) in [6, 6.07) is 6.50. The number of benzene rings is 1. The molecular formula is C17H29N3O4S. The van der Waals surface area contributed by atoms with Gasteiger partial charge in [0.2, 0.25) is 15.9 Å². The summed E-state index contributed by atoms with van der Waals surface area (Å²) in [5.74, 6) is -0.105. The van der Waals surface area contributed by atoms with Gasteiger partial charge < -0.3 is 15.8 Å². The Morgan fingerprint density at radius 1 is 1.28 bits per heavy atom. The molecule has 1 rings (SSSR count). The second-order valence-electron chi connectivity index (χ2n) is 5.91. The van der Waals surface area contributed by atoms with E-state index >= 15 is 0 Å². The van der Waals surface area contributed by atoms with Gasteiger partial charge in [0.1, 0.15) is 0 Å². The zero-order valence-electron chi connectivity index (χ0n) is 15.2. The Morgan fingerprint density at radius 2 is 1.96 bits per heavy atom. The van der Waals surface area contributed by atoms with E-state index in [2.05, 4.69) is 10.0 Å². The predicted molar refractivity (Wildman–Crippen MR) is 97.4 cm³/mol. The summed E-state index contributed by atoms with van der Waals surface area (Å²) < 4.78 is 31.8. The van der Waals surface area contributed by atoms with Crippen molar-refractivity contribution in [2.24, 2.45) is 11.1 Å². The second kappa shape index (κ2) is 9.86. The molecule has 0 saturated carbocycles. The molecule has 0 spiro atoms. The van der Waals surface area contributed by atoms with Gasteiger partial charge in [-0.25, -0.2) is 13.1 Å². The van der Waals surface area contributed by atoms with E-state index in [4.69, 9.17) is 10.5 Å². The quantitative estimate of drug-likeness (QED) is 0.503. The Labute approximate surface area is 150 Å². The second-order valence-corrected chi connectivity index (χ2v) is 7.68. The molecule has 7 nitrogen and oxygen atoms in total. The number of carbonyl (C=O) groups is 1. The van der Waals surface area contributed by atoms with Crippen molar-refractivity contribution < 1.29 is 17.9 Å². The molecule has 25 heavy (non-hydrogen) atoms. The van der Waals surface area contributed by atoms with E-state index in [0.717, 1.165) is 0 Å². The SMILES string of the molecule is CCC(CC)(CN)C(=O)NCc1cccc(S(=O)(=O)NCCOC)c1. The summed E-state index contributed by atoms with van der Waals surface area (Å²) in [5, 5.41) is 2.87. The minimum absolute atomic E-state index is 0.105. The molecule has 8 heteroatoms. The van der Waals surface area contributed by atoms with Gasteiger partial charge in [0.15, 0.2) is 0 Å². The number of nitrogens with one attached hydrogen (secondary N) is 2. The molecule has 0 aliphatic heterocycles. The van der Waals surface area contributed by atoms with E-state index in [9.17, 15) is 13.2 Å². The molecular weight excluding hydrogens is 342 g/mol. The highest BCUT2D eigenvalue weighted by Gasteiger charge is 2.32. The molecule has 0 aliphatic rings. The van der Waals surface area contributed by atoms with Crippen molar-refractivity contribution in [3.8, 4) is 0 Å². The van der Waals surface area contributed by atoms with Crippen LogP contribution in [-0.4, -0.2) is 41.1 Å². The minimum atomic E-state index is -3.60. The maximum Gasteiger partial charge on any atom is 0.240 e. The van der Waals surface area contributed by atoms with Crippen LogP contribution in [0.5, 0.6) is 0 Å². The maximum absolute atomic E-state index is 12.5. The first-order valence-corrected chi connectivity index (χ1v) is 9.89. The van der Waals surface area contributed by atoms with Crippen molar-refractivity contribution in [2.45, 2.75) is 38.1 Å². The monoisotopic (exact) mass is 371 g/mol. The van der Waals surface area contributed by atoms with E-state index in [-0.39, 0.29) is 30.4 Å². The van der Waals surface area contributed by atoms with Crippen LogP contribution < -0.4 is 15.8 Å². The third-order valence-electron chi connectivity index (χ3n) is 4.49. The van der Waals surface area contributed by atoms with E-state index in [1.807, 2.05) is 13.8 Å². The first-order chi connectivity index (χ1) is 11.8. The molecule has 0 bridgehead atoms. The van der Waals surface area contributed by atoms with Crippen molar-refractivity contribution in [2.75, 3.05) is 26.8 Å². The average molecular weight is 372 g/mol. The normalized spacial score (nSPS) is 12.2. The standard InChI is InChI=1S/C17H29N3O4S/c1-4-17(5-2,13-18)16(21)19-12-14-7-6-8-15(11-14)25(22,23)20-9-10-24-3/h6-8,11,20H,4-5,9-10,12-13,18H2,1-3H3,(H,19,21). The number of sulfonamides is 1. The molecule has 1 amide bonds. The number of carbonyl (C=O) groups excluding carboxylic acids is 1. The van der Waals surface area contributed by atoms with E-state index in [1.165, 1.54) is 13.2 Å². The number of methoxy groups -OCH3 is 1. The van der Waals surface area contributed by atoms with Crippen molar-refractivity contribution >= 4 is 15.9 Å². The lowest BCUT2D eigenvalue weighted by molar-refractivity contribution is -0.131. The Balaban J connectivity index is 2.80. The Morgan fingerprint density at radius 3 is 2.52 bits per heavy atom. The molecule has 1 aromatic carbocycles. The molecule has 0 aromatic heterocycles.